The zero-order valence-corrected chi connectivity index (χ0v) is 13.4. The molecule has 1 heterocycles. The summed E-state index contributed by atoms with van der Waals surface area (Å²) in [4.78, 5) is 11.5. The monoisotopic (exact) mass is 297 g/mol. The lowest BCUT2D eigenvalue weighted by molar-refractivity contribution is 0.0696. The Labute approximate surface area is 124 Å². The third kappa shape index (κ3) is 4.10. The number of thioether (sulfide) groups is 1. The van der Waals surface area contributed by atoms with Gasteiger partial charge in [-0.3, -0.25) is 0 Å². The first-order chi connectivity index (χ1) is 9.54. The van der Waals surface area contributed by atoms with E-state index in [1.807, 2.05) is 13.8 Å². The molecule has 1 aromatic rings. The summed E-state index contributed by atoms with van der Waals surface area (Å²) in [6.07, 6.45) is 4.37. The van der Waals surface area contributed by atoms with Gasteiger partial charge in [-0.15, -0.1) is 5.10 Å². The van der Waals surface area contributed by atoms with Crippen LogP contribution < -0.4 is 5.32 Å². The number of nitrogens with zero attached hydrogens (tertiary/aromatic N) is 2. The summed E-state index contributed by atoms with van der Waals surface area (Å²) in [6, 6.07) is 0. The van der Waals surface area contributed by atoms with Crippen molar-refractivity contribution < 1.29 is 9.90 Å². The topological polar surface area (TPSA) is 75.1 Å². The zero-order valence-electron chi connectivity index (χ0n) is 12.6. The summed E-state index contributed by atoms with van der Waals surface area (Å²) < 4.78 is 0. The van der Waals surface area contributed by atoms with Gasteiger partial charge in [0.15, 0.2) is 5.82 Å². The largest absolute Gasteiger partial charge is 0.478 e. The number of nitrogens with one attached hydrogen (secondary N) is 1. The minimum atomic E-state index is -0.938. The summed E-state index contributed by atoms with van der Waals surface area (Å²) in [7, 11) is 0. The number of aryl methyl sites for hydroxylation is 1. The minimum absolute atomic E-state index is 0.274. The summed E-state index contributed by atoms with van der Waals surface area (Å²) in [6.45, 7) is 6.75. The molecular weight excluding hydrogens is 274 g/mol. The van der Waals surface area contributed by atoms with Crippen LogP contribution in [0.1, 0.15) is 48.8 Å². The van der Waals surface area contributed by atoms with Crippen molar-refractivity contribution in [2.75, 3.05) is 18.1 Å². The number of carboxylic acid groups (broad SMARTS) is 1. The Kier molecular flexibility index (Phi) is 6.78. The maximum Gasteiger partial charge on any atom is 0.339 e. The van der Waals surface area contributed by atoms with Gasteiger partial charge in [-0.25, -0.2) is 4.79 Å². The van der Waals surface area contributed by atoms with Crippen molar-refractivity contribution in [3.8, 4) is 0 Å². The molecule has 0 saturated heterocycles. The summed E-state index contributed by atoms with van der Waals surface area (Å²) in [5.41, 5.74) is 1.83. The first kappa shape index (κ1) is 16.8. The number of aromatic nitrogens is 2. The first-order valence-corrected chi connectivity index (χ1v) is 8.22. The maximum atomic E-state index is 11.5. The molecule has 0 aliphatic heterocycles. The molecule has 0 radical (unpaired) electrons. The van der Waals surface area contributed by atoms with Crippen LogP contribution in [0.15, 0.2) is 0 Å². The van der Waals surface area contributed by atoms with Crippen LogP contribution in [0.5, 0.6) is 0 Å². The molecule has 2 N–H and O–H groups in total. The van der Waals surface area contributed by atoms with Crippen LogP contribution in [-0.4, -0.2) is 39.3 Å². The van der Waals surface area contributed by atoms with E-state index in [0.29, 0.717) is 30.5 Å². The van der Waals surface area contributed by atoms with Crippen molar-refractivity contribution in [1.29, 1.82) is 0 Å². The van der Waals surface area contributed by atoms with E-state index in [1.54, 1.807) is 11.8 Å². The van der Waals surface area contributed by atoms with Gasteiger partial charge >= 0.3 is 5.97 Å². The minimum Gasteiger partial charge on any atom is -0.478 e. The highest BCUT2D eigenvalue weighted by atomic mass is 32.2. The fourth-order valence-electron chi connectivity index (χ4n) is 2.04. The molecule has 1 atom stereocenters. The highest BCUT2D eigenvalue weighted by Gasteiger charge is 2.20. The standard InChI is InChI=1S/C14H23N3O2S/c1-5-10-11(6-2)16-17-13(12(10)14(18)19)15-8-7-9(3)20-4/h9H,5-8H2,1-4H3,(H,15,17)(H,18,19). The van der Waals surface area contributed by atoms with Gasteiger partial charge in [-0.2, -0.15) is 16.9 Å². The number of carbonyl (C=O) groups is 1. The smallest absolute Gasteiger partial charge is 0.339 e. The lowest BCUT2D eigenvalue weighted by atomic mass is 10.0. The molecule has 20 heavy (non-hydrogen) atoms. The fraction of sp³-hybridized carbons (Fsp3) is 0.643. The molecule has 6 heteroatoms. The van der Waals surface area contributed by atoms with Crippen LogP contribution in [0.3, 0.4) is 0 Å². The van der Waals surface area contributed by atoms with Gasteiger partial charge in [-0.1, -0.05) is 20.8 Å². The molecule has 1 unspecified atom stereocenters. The van der Waals surface area contributed by atoms with Crippen LogP contribution in [0, 0.1) is 0 Å². The summed E-state index contributed by atoms with van der Waals surface area (Å²) in [5, 5.41) is 21.3. The van der Waals surface area contributed by atoms with Gasteiger partial charge in [0, 0.05) is 11.8 Å². The van der Waals surface area contributed by atoms with Gasteiger partial charge in [0.05, 0.1) is 5.69 Å². The molecule has 1 rings (SSSR count). The Hall–Kier alpha value is -1.30. The second kappa shape index (κ2) is 8.09. The number of carboxylic acids is 1. The third-order valence-corrected chi connectivity index (χ3v) is 4.35. The van der Waals surface area contributed by atoms with Crippen molar-refractivity contribution in [3.63, 3.8) is 0 Å². The second-order valence-corrected chi connectivity index (χ2v) is 5.90. The average Bonchev–Trinajstić information content (AvgIpc) is 2.45. The zero-order chi connectivity index (χ0) is 15.1. The number of hydrogen-bond acceptors (Lipinski definition) is 5. The van der Waals surface area contributed by atoms with E-state index < -0.39 is 5.97 Å². The van der Waals surface area contributed by atoms with E-state index in [1.165, 1.54) is 0 Å². The molecular formula is C14H23N3O2S. The van der Waals surface area contributed by atoms with Crippen LogP contribution >= 0.6 is 11.8 Å². The van der Waals surface area contributed by atoms with Gasteiger partial charge in [0.25, 0.3) is 0 Å². The normalized spacial score (nSPS) is 12.2. The number of aromatic carboxylic acids is 1. The van der Waals surface area contributed by atoms with E-state index in [0.717, 1.165) is 17.7 Å². The number of hydrogen-bond donors (Lipinski definition) is 2. The lowest BCUT2D eigenvalue weighted by Crippen LogP contribution is -2.17. The SMILES string of the molecule is CCc1nnc(NCCC(C)SC)c(C(=O)O)c1CC. The van der Waals surface area contributed by atoms with E-state index in [2.05, 4.69) is 28.7 Å². The Balaban J connectivity index is 2.98. The van der Waals surface area contributed by atoms with Crippen molar-refractivity contribution in [2.24, 2.45) is 0 Å². The Morgan fingerprint density at radius 1 is 1.35 bits per heavy atom. The van der Waals surface area contributed by atoms with E-state index in [9.17, 15) is 9.90 Å². The first-order valence-electron chi connectivity index (χ1n) is 6.93. The highest BCUT2D eigenvalue weighted by molar-refractivity contribution is 7.99. The van der Waals surface area contributed by atoms with Crippen molar-refractivity contribution >= 4 is 23.5 Å². The lowest BCUT2D eigenvalue weighted by Gasteiger charge is -2.14. The molecule has 0 aliphatic rings. The van der Waals surface area contributed by atoms with Gasteiger partial charge in [0.1, 0.15) is 5.56 Å². The van der Waals surface area contributed by atoms with Crippen LogP contribution in [0.4, 0.5) is 5.82 Å². The Bertz CT molecular complexity index is 466. The number of anilines is 1. The number of rotatable bonds is 8. The van der Waals surface area contributed by atoms with Crippen LogP contribution in [0.2, 0.25) is 0 Å². The van der Waals surface area contributed by atoms with Crippen molar-refractivity contribution in [1.82, 2.24) is 10.2 Å². The second-order valence-electron chi connectivity index (χ2n) is 4.62. The van der Waals surface area contributed by atoms with Gasteiger partial charge < -0.3 is 10.4 Å². The highest BCUT2D eigenvalue weighted by Crippen LogP contribution is 2.21. The van der Waals surface area contributed by atoms with E-state index in [4.69, 9.17) is 0 Å². The predicted molar refractivity (Wildman–Crippen MR) is 83.8 cm³/mol. The van der Waals surface area contributed by atoms with Gasteiger partial charge in [0.2, 0.25) is 0 Å². The molecule has 1 aromatic heterocycles. The third-order valence-electron chi connectivity index (χ3n) is 3.31. The van der Waals surface area contributed by atoms with Crippen LogP contribution in [-0.2, 0) is 12.8 Å². The molecule has 0 aliphatic carbocycles. The summed E-state index contributed by atoms with van der Waals surface area (Å²) in [5.74, 6) is -0.549. The van der Waals surface area contributed by atoms with E-state index >= 15 is 0 Å². The molecule has 5 nitrogen and oxygen atoms in total. The molecule has 0 amide bonds. The average molecular weight is 297 g/mol. The molecule has 0 bridgehead atoms. The fourth-order valence-corrected chi connectivity index (χ4v) is 2.39. The Morgan fingerprint density at radius 2 is 2.05 bits per heavy atom. The van der Waals surface area contributed by atoms with E-state index in [-0.39, 0.29) is 5.56 Å². The van der Waals surface area contributed by atoms with Crippen molar-refractivity contribution in [2.45, 2.75) is 45.3 Å². The molecule has 0 fully saturated rings. The molecule has 0 spiro atoms. The van der Waals surface area contributed by atoms with Crippen LogP contribution in [0.25, 0.3) is 0 Å². The quantitative estimate of drug-likeness (QED) is 0.768. The molecule has 0 aromatic carbocycles. The molecule has 0 saturated carbocycles. The predicted octanol–water partition coefficient (Wildman–Crippen LogP) is 2.85. The van der Waals surface area contributed by atoms with Crippen molar-refractivity contribution in [3.05, 3.63) is 16.8 Å². The van der Waals surface area contributed by atoms with Gasteiger partial charge in [-0.05, 0) is 31.1 Å². The maximum absolute atomic E-state index is 11.5. The summed E-state index contributed by atoms with van der Waals surface area (Å²) >= 11 is 1.79. The molecule has 112 valence electrons. The Morgan fingerprint density at radius 3 is 2.55 bits per heavy atom.